The number of alkyl halides is 2. The van der Waals surface area contributed by atoms with Gasteiger partial charge in [-0.05, 0) is 18.2 Å². The molecule has 162 valence electrons. The number of nitrogens with zero attached hydrogens (tertiary/aromatic N) is 3. The predicted octanol–water partition coefficient (Wildman–Crippen LogP) is 5.29. The summed E-state index contributed by atoms with van der Waals surface area (Å²) in [6.45, 7) is -0.273. The Kier molecular flexibility index (Phi) is 5.30. The number of ether oxygens (including phenoxy) is 1. The summed E-state index contributed by atoms with van der Waals surface area (Å²) in [6, 6.07) is 17.9. The quantitative estimate of drug-likeness (QED) is 0.423. The smallest absolute Gasteiger partial charge is 0.287 e. The van der Waals surface area contributed by atoms with Crippen molar-refractivity contribution in [1.82, 2.24) is 14.9 Å². The lowest BCUT2D eigenvalue weighted by Crippen LogP contribution is -2.55. The van der Waals surface area contributed by atoms with E-state index in [4.69, 9.17) is 4.74 Å². The van der Waals surface area contributed by atoms with Crippen molar-refractivity contribution in [2.45, 2.75) is 18.4 Å². The summed E-state index contributed by atoms with van der Waals surface area (Å²) >= 11 is 1.42. The van der Waals surface area contributed by atoms with Crippen molar-refractivity contribution in [2.24, 2.45) is 0 Å². The van der Waals surface area contributed by atoms with Crippen molar-refractivity contribution < 1.29 is 18.3 Å². The summed E-state index contributed by atoms with van der Waals surface area (Å²) in [5.74, 6) is -3.25. The summed E-state index contributed by atoms with van der Waals surface area (Å²) < 4.78 is 35.1. The van der Waals surface area contributed by atoms with Crippen molar-refractivity contribution in [3.63, 3.8) is 0 Å². The Morgan fingerprint density at radius 2 is 1.91 bits per heavy atom. The first kappa shape index (κ1) is 20.5. The number of carbonyl (C=O) groups excluding carboxylic acids is 1. The molecule has 1 aliphatic rings. The zero-order valence-corrected chi connectivity index (χ0v) is 17.8. The van der Waals surface area contributed by atoms with E-state index in [-0.39, 0.29) is 24.9 Å². The van der Waals surface area contributed by atoms with Gasteiger partial charge in [-0.1, -0.05) is 36.4 Å². The molecule has 1 saturated heterocycles. The van der Waals surface area contributed by atoms with E-state index < -0.39 is 18.4 Å². The first-order chi connectivity index (χ1) is 15.5. The number of halogens is 2. The molecule has 1 atom stereocenters. The van der Waals surface area contributed by atoms with Crippen molar-refractivity contribution in [2.75, 3.05) is 13.1 Å². The number of piperidine rings is 1. The van der Waals surface area contributed by atoms with Crippen LogP contribution in [0.3, 0.4) is 0 Å². The minimum Gasteiger partial charge on any atom is -0.466 e. The fourth-order valence-corrected chi connectivity index (χ4v) is 4.50. The summed E-state index contributed by atoms with van der Waals surface area (Å²) in [5, 5.41) is 0.895. The van der Waals surface area contributed by atoms with Crippen LogP contribution in [0.4, 0.5) is 8.78 Å². The van der Waals surface area contributed by atoms with Crippen LogP contribution in [-0.4, -0.2) is 45.9 Å². The number of rotatable bonds is 4. The minimum atomic E-state index is -3.07. The molecule has 32 heavy (non-hydrogen) atoms. The van der Waals surface area contributed by atoms with Crippen LogP contribution in [0.5, 0.6) is 5.88 Å². The molecule has 3 heterocycles. The lowest BCUT2D eigenvalue weighted by Gasteiger charge is -2.38. The Balaban J connectivity index is 1.39. The fourth-order valence-electron chi connectivity index (χ4n) is 3.84. The third-order valence-corrected chi connectivity index (χ3v) is 6.36. The number of fused-ring (bicyclic) bond motifs is 1. The molecule has 0 spiro atoms. The number of benzene rings is 2. The molecule has 4 aromatic rings. The number of thiazole rings is 1. The number of amides is 1. The van der Waals surface area contributed by atoms with Gasteiger partial charge in [-0.2, -0.15) is 0 Å². The van der Waals surface area contributed by atoms with Crippen LogP contribution in [0.15, 0.2) is 72.4 Å². The van der Waals surface area contributed by atoms with Gasteiger partial charge >= 0.3 is 0 Å². The van der Waals surface area contributed by atoms with Gasteiger partial charge in [0.2, 0.25) is 5.88 Å². The monoisotopic (exact) mass is 451 g/mol. The highest BCUT2D eigenvalue weighted by Crippen LogP contribution is 2.34. The first-order valence-electron chi connectivity index (χ1n) is 10.2. The van der Waals surface area contributed by atoms with E-state index in [0.29, 0.717) is 11.1 Å². The van der Waals surface area contributed by atoms with Crippen molar-refractivity contribution >= 4 is 28.1 Å². The highest BCUT2D eigenvalue weighted by Gasteiger charge is 2.47. The Morgan fingerprint density at radius 3 is 2.75 bits per heavy atom. The van der Waals surface area contributed by atoms with Gasteiger partial charge in [0.1, 0.15) is 0 Å². The molecular weight excluding hydrogens is 432 g/mol. The van der Waals surface area contributed by atoms with Crippen LogP contribution >= 0.6 is 11.3 Å². The largest absolute Gasteiger partial charge is 0.466 e. The summed E-state index contributed by atoms with van der Waals surface area (Å²) in [5.41, 5.74) is 3.56. The van der Waals surface area contributed by atoms with Gasteiger partial charge < -0.3 is 9.64 Å². The SMILES string of the molecule is O=C(c1ccccc1-c1cncs1)N1CCC(F)(F)C(Oc2ccc3ccccc3n2)C1. The Labute approximate surface area is 187 Å². The maximum absolute atomic E-state index is 14.7. The Hall–Kier alpha value is -3.39. The maximum atomic E-state index is 14.7. The zero-order valence-electron chi connectivity index (χ0n) is 16.9. The number of para-hydroxylation sites is 1. The van der Waals surface area contributed by atoms with Crippen LogP contribution in [0.25, 0.3) is 21.3 Å². The normalized spacial score (nSPS) is 17.9. The van der Waals surface area contributed by atoms with Gasteiger partial charge in [-0.15, -0.1) is 11.3 Å². The van der Waals surface area contributed by atoms with Crippen LogP contribution in [0.1, 0.15) is 16.8 Å². The minimum absolute atomic E-state index is 0.0478. The standard InChI is InChI=1S/C24H19F2N3O2S/c25-24(26)11-12-29(23(30)18-7-3-2-6-17(18)20-13-27-15-32-20)14-21(24)31-22-10-9-16-5-1-4-8-19(16)28-22/h1-10,13,15,21H,11-12,14H2. The highest BCUT2D eigenvalue weighted by molar-refractivity contribution is 7.13. The van der Waals surface area contributed by atoms with Gasteiger partial charge in [0, 0.05) is 41.7 Å². The van der Waals surface area contributed by atoms with Gasteiger partial charge in [0.25, 0.3) is 11.8 Å². The molecular formula is C24H19F2N3O2S. The average molecular weight is 451 g/mol. The van der Waals surface area contributed by atoms with Gasteiger partial charge in [-0.25, -0.2) is 13.8 Å². The van der Waals surface area contributed by atoms with E-state index >= 15 is 0 Å². The zero-order chi connectivity index (χ0) is 22.1. The number of likely N-dealkylation sites (tertiary alicyclic amines) is 1. The molecule has 1 amide bonds. The van der Waals surface area contributed by atoms with Crippen molar-refractivity contribution in [1.29, 1.82) is 0 Å². The molecule has 8 heteroatoms. The topological polar surface area (TPSA) is 55.3 Å². The van der Waals surface area contributed by atoms with Gasteiger partial charge in [0.05, 0.1) is 22.4 Å². The summed E-state index contributed by atoms with van der Waals surface area (Å²) in [4.78, 5) is 24.0. The average Bonchev–Trinajstić information content (AvgIpc) is 3.35. The van der Waals surface area contributed by atoms with E-state index in [1.165, 1.54) is 16.2 Å². The third-order valence-electron chi connectivity index (χ3n) is 5.55. The number of pyridine rings is 1. The van der Waals surface area contributed by atoms with E-state index in [2.05, 4.69) is 9.97 Å². The van der Waals surface area contributed by atoms with Crippen molar-refractivity contribution in [3.05, 3.63) is 77.9 Å². The first-order valence-corrected chi connectivity index (χ1v) is 11.1. The lowest BCUT2D eigenvalue weighted by molar-refractivity contribution is -0.131. The molecule has 1 unspecified atom stereocenters. The Bertz CT molecular complexity index is 1260. The van der Waals surface area contributed by atoms with Gasteiger partial charge in [0.15, 0.2) is 6.10 Å². The summed E-state index contributed by atoms with van der Waals surface area (Å²) in [6.07, 6.45) is -0.262. The molecule has 0 saturated carbocycles. The van der Waals surface area contributed by atoms with Crippen LogP contribution in [-0.2, 0) is 0 Å². The second kappa shape index (κ2) is 8.27. The number of aromatic nitrogens is 2. The third kappa shape index (κ3) is 3.93. The predicted molar refractivity (Wildman–Crippen MR) is 119 cm³/mol. The number of carbonyl (C=O) groups is 1. The second-order valence-corrected chi connectivity index (χ2v) is 8.51. The molecule has 0 aliphatic carbocycles. The van der Waals surface area contributed by atoms with Crippen LogP contribution < -0.4 is 4.74 Å². The highest BCUT2D eigenvalue weighted by atomic mass is 32.1. The fraction of sp³-hybridized carbons (Fsp3) is 0.208. The lowest BCUT2D eigenvalue weighted by atomic mass is 10.0. The molecule has 1 fully saturated rings. The van der Waals surface area contributed by atoms with Crippen LogP contribution in [0.2, 0.25) is 0 Å². The number of hydrogen-bond donors (Lipinski definition) is 0. The molecule has 2 aromatic heterocycles. The molecule has 2 aromatic carbocycles. The maximum Gasteiger partial charge on any atom is 0.287 e. The van der Waals surface area contributed by atoms with E-state index in [1.54, 1.807) is 42.0 Å². The van der Waals surface area contributed by atoms with Crippen molar-refractivity contribution in [3.8, 4) is 16.3 Å². The van der Waals surface area contributed by atoms with E-state index in [0.717, 1.165) is 15.8 Å². The molecule has 0 N–H and O–H groups in total. The molecule has 1 aliphatic heterocycles. The van der Waals surface area contributed by atoms with Crippen LogP contribution in [0, 0.1) is 0 Å². The molecule has 0 bridgehead atoms. The summed E-state index contributed by atoms with van der Waals surface area (Å²) in [7, 11) is 0. The van der Waals surface area contributed by atoms with E-state index in [9.17, 15) is 13.6 Å². The molecule has 5 rings (SSSR count). The number of hydrogen-bond acceptors (Lipinski definition) is 5. The molecule has 0 radical (unpaired) electrons. The molecule has 5 nitrogen and oxygen atoms in total. The Morgan fingerprint density at radius 1 is 1.09 bits per heavy atom. The van der Waals surface area contributed by atoms with Gasteiger partial charge in [-0.3, -0.25) is 9.78 Å². The second-order valence-electron chi connectivity index (χ2n) is 7.62. The van der Waals surface area contributed by atoms with E-state index in [1.807, 2.05) is 30.3 Å².